The molecule has 1 aliphatic heterocycles. The fraction of sp³-hybridized carbons (Fsp3) is 0.643. The van der Waals surface area contributed by atoms with Crippen LogP contribution in [0.25, 0.3) is 0 Å². The van der Waals surface area contributed by atoms with Gasteiger partial charge in [-0.05, 0) is 29.7 Å². The molecule has 0 radical (unpaired) electrons. The summed E-state index contributed by atoms with van der Waals surface area (Å²) in [6, 6.07) is 1.51. The van der Waals surface area contributed by atoms with E-state index < -0.39 is 16.0 Å². The number of nitrogens with zero attached hydrogens (tertiary/aromatic N) is 1. The number of sulfonamides is 1. The van der Waals surface area contributed by atoms with Crippen molar-refractivity contribution < 1.29 is 17.9 Å². The van der Waals surface area contributed by atoms with E-state index in [1.54, 1.807) is 17.1 Å². The van der Waals surface area contributed by atoms with Crippen LogP contribution in [0.1, 0.15) is 23.0 Å². The molecule has 1 saturated carbocycles. The molecule has 2 fully saturated rings. The molecule has 0 bridgehead atoms. The average Bonchev–Trinajstić information content (AvgIpc) is 3.02. The molecule has 0 unspecified atom stereocenters. The monoisotopic (exact) mass is 361 g/mol. The molecule has 22 heavy (non-hydrogen) atoms. The molecule has 1 aliphatic carbocycles. The lowest BCUT2D eigenvalue weighted by atomic mass is 10.4. The Morgan fingerprint density at radius 2 is 2.09 bits per heavy atom. The number of esters is 1. The molecule has 0 amide bonds. The summed E-state index contributed by atoms with van der Waals surface area (Å²) in [6.07, 6.45) is 1.08. The number of thiophene rings is 1. The Hall–Kier alpha value is -0.570. The van der Waals surface area contributed by atoms with Gasteiger partial charge in [-0.1, -0.05) is 6.92 Å². The van der Waals surface area contributed by atoms with Crippen molar-refractivity contribution in [3.05, 3.63) is 16.3 Å². The number of thioether (sulfide) groups is 1. The van der Waals surface area contributed by atoms with Gasteiger partial charge in [-0.2, -0.15) is 16.1 Å². The molecule has 2 aliphatic rings. The Kier molecular flexibility index (Phi) is 4.82. The van der Waals surface area contributed by atoms with Crippen molar-refractivity contribution in [2.75, 3.05) is 31.2 Å². The maximum absolute atomic E-state index is 12.7. The Bertz CT molecular complexity index is 649. The second kappa shape index (κ2) is 6.51. The average molecular weight is 362 g/mol. The number of hydrogen-bond acceptors (Lipinski definition) is 6. The van der Waals surface area contributed by atoms with Gasteiger partial charge in [0, 0.05) is 24.6 Å². The van der Waals surface area contributed by atoms with Gasteiger partial charge in [-0.25, -0.2) is 13.2 Å². The third-order valence-electron chi connectivity index (χ3n) is 4.11. The minimum Gasteiger partial charge on any atom is -0.461 e. The van der Waals surface area contributed by atoms with Crippen LogP contribution in [-0.2, 0) is 14.8 Å². The lowest BCUT2D eigenvalue weighted by Gasteiger charge is -2.25. The summed E-state index contributed by atoms with van der Waals surface area (Å²) in [5.74, 6) is 2.11. The van der Waals surface area contributed by atoms with Gasteiger partial charge in [0.2, 0.25) is 10.0 Å². The summed E-state index contributed by atoms with van der Waals surface area (Å²) in [7, 11) is -3.60. The topological polar surface area (TPSA) is 63.7 Å². The van der Waals surface area contributed by atoms with Crippen molar-refractivity contribution in [2.45, 2.75) is 18.2 Å². The number of carbonyl (C=O) groups excluding carboxylic acids is 1. The number of carbonyl (C=O) groups is 1. The summed E-state index contributed by atoms with van der Waals surface area (Å²) in [5, 5.41) is 1.64. The highest BCUT2D eigenvalue weighted by Gasteiger charge is 2.35. The maximum atomic E-state index is 12.7. The third kappa shape index (κ3) is 3.34. The minimum atomic E-state index is -3.60. The van der Waals surface area contributed by atoms with Crippen molar-refractivity contribution in [3.63, 3.8) is 0 Å². The summed E-state index contributed by atoms with van der Waals surface area (Å²) < 4.78 is 32.1. The minimum absolute atomic E-state index is 0.0956. The first kappa shape index (κ1) is 16.3. The van der Waals surface area contributed by atoms with E-state index in [-0.39, 0.29) is 9.77 Å². The van der Waals surface area contributed by atoms with Gasteiger partial charge in [0.25, 0.3) is 0 Å². The highest BCUT2D eigenvalue weighted by Crippen LogP contribution is 2.38. The van der Waals surface area contributed by atoms with Gasteiger partial charge in [-0.15, -0.1) is 11.3 Å². The van der Waals surface area contributed by atoms with Gasteiger partial charge in [-0.3, -0.25) is 0 Å². The van der Waals surface area contributed by atoms with E-state index in [1.165, 1.54) is 10.4 Å². The highest BCUT2D eigenvalue weighted by atomic mass is 32.2. The number of hydrogen-bond donors (Lipinski definition) is 0. The first-order valence-electron chi connectivity index (χ1n) is 7.32. The molecule has 5 nitrogen and oxygen atoms in total. The summed E-state index contributed by atoms with van der Waals surface area (Å²) >= 11 is 2.88. The van der Waals surface area contributed by atoms with E-state index in [4.69, 9.17) is 4.74 Å². The zero-order valence-corrected chi connectivity index (χ0v) is 14.8. The molecular formula is C14H19NO4S3. The Morgan fingerprint density at radius 3 is 2.73 bits per heavy atom. The van der Waals surface area contributed by atoms with Crippen molar-refractivity contribution >= 4 is 39.1 Å². The predicted octanol–water partition coefficient (Wildman–Crippen LogP) is 2.30. The van der Waals surface area contributed by atoms with Gasteiger partial charge in [0.15, 0.2) is 0 Å². The maximum Gasteiger partial charge on any atom is 0.349 e. The van der Waals surface area contributed by atoms with Crippen molar-refractivity contribution in [3.8, 4) is 0 Å². The lowest BCUT2D eigenvalue weighted by molar-refractivity contribution is 0.0483. The quantitative estimate of drug-likeness (QED) is 0.753. The first-order valence-corrected chi connectivity index (χ1v) is 10.8. The van der Waals surface area contributed by atoms with Crippen LogP contribution in [0.3, 0.4) is 0 Å². The zero-order chi connectivity index (χ0) is 15.7. The predicted molar refractivity (Wildman–Crippen MR) is 88.0 cm³/mol. The van der Waals surface area contributed by atoms with Crippen LogP contribution in [0.4, 0.5) is 0 Å². The van der Waals surface area contributed by atoms with E-state index in [1.807, 2.05) is 0 Å². The van der Waals surface area contributed by atoms with E-state index >= 15 is 0 Å². The van der Waals surface area contributed by atoms with E-state index in [2.05, 4.69) is 6.92 Å². The molecule has 2 heterocycles. The second-order valence-electron chi connectivity index (χ2n) is 5.70. The SMILES string of the molecule is C[C@@H]1C[C@H]1COC(=O)c1sccc1S(=O)(=O)N1CCSCC1. The second-order valence-corrected chi connectivity index (χ2v) is 9.75. The Balaban J connectivity index is 1.74. The van der Waals surface area contributed by atoms with Crippen molar-refractivity contribution in [1.82, 2.24) is 4.31 Å². The number of ether oxygens (including phenoxy) is 1. The van der Waals surface area contributed by atoms with Gasteiger partial charge >= 0.3 is 5.97 Å². The molecule has 3 rings (SSSR count). The molecule has 1 aromatic rings. The van der Waals surface area contributed by atoms with Crippen LogP contribution in [0.5, 0.6) is 0 Å². The molecule has 0 aromatic carbocycles. The van der Waals surface area contributed by atoms with Crippen LogP contribution in [0, 0.1) is 11.8 Å². The highest BCUT2D eigenvalue weighted by molar-refractivity contribution is 7.99. The van der Waals surface area contributed by atoms with E-state index in [0.717, 1.165) is 29.3 Å². The summed E-state index contributed by atoms with van der Waals surface area (Å²) in [5.41, 5.74) is 0. The Labute approximate surface area is 139 Å². The van der Waals surface area contributed by atoms with E-state index in [0.29, 0.717) is 31.5 Å². The fourth-order valence-corrected chi connectivity index (χ4v) is 6.31. The molecule has 1 aromatic heterocycles. The Morgan fingerprint density at radius 1 is 1.41 bits per heavy atom. The third-order valence-corrected chi connectivity index (χ3v) is 8.01. The van der Waals surface area contributed by atoms with Gasteiger partial charge in [0.1, 0.15) is 9.77 Å². The first-order chi connectivity index (χ1) is 10.5. The number of rotatable bonds is 5. The van der Waals surface area contributed by atoms with E-state index in [9.17, 15) is 13.2 Å². The zero-order valence-electron chi connectivity index (χ0n) is 12.4. The van der Waals surface area contributed by atoms with Gasteiger partial charge in [0.05, 0.1) is 6.61 Å². The van der Waals surface area contributed by atoms with Crippen LogP contribution in [-0.4, -0.2) is 49.9 Å². The molecule has 2 atom stereocenters. The van der Waals surface area contributed by atoms with Crippen LogP contribution in [0.15, 0.2) is 16.3 Å². The smallest absolute Gasteiger partial charge is 0.349 e. The lowest BCUT2D eigenvalue weighted by Crippen LogP contribution is -2.38. The summed E-state index contributed by atoms with van der Waals surface area (Å²) in [4.78, 5) is 12.5. The molecule has 8 heteroatoms. The molecule has 122 valence electrons. The van der Waals surface area contributed by atoms with Crippen LogP contribution < -0.4 is 0 Å². The van der Waals surface area contributed by atoms with Crippen LogP contribution >= 0.6 is 23.1 Å². The van der Waals surface area contributed by atoms with Crippen molar-refractivity contribution in [1.29, 1.82) is 0 Å². The molecule has 0 N–H and O–H groups in total. The van der Waals surface area contributed by atoms with Crippen molar-refractivity contribution in [2.24, 2.45) is 11.8 Å². The molecular weight excluding hydrogens is 342 g/mol. The summed E-state index contributed by atoms with van der Waals surface area (Å²) in [6.45, 7) is 3.50. The normalized spacial score (nSPS) is 25.9. The van der Waals surface area contributed by atoms with Gasteiger partial charge < -0.3 is 4.74 Å². The standard InChI is InChI=1S/C14H19NO4S3/c1-10-8-11(10)9-19-14(16)13-12(2-5-21-13)22(17,18)15-3-6-20-7-4-15/h2,5,10-11H,3-4,6-9H2,1H3/t10-,11+/m1/s1. The largest absolute Gasteiger partial charge is 0.461 e. The molecule has 0 spiro atoms. The van der Waals surface area contributed by atoms with Crippen LogP contribution in [0.2, 0.25) is 0 Å². The fourth-order valence-electron chi connectivity index (χ4n) is 2.46. The molecule has 1 saturated heterocycles.